The van der Waals surface area contributed by atoms with Gasteiger partial charge < -0.3 is 14.8 Å². The lowest BCUT2D eigenvalue weighted by atomic mass is 10.0. The van der Waals surface area contributed by atoms with Crippen molar-refractivity contribution in [3.05, 3.63) is 28.8 Å². The van der Waals surface area contributed by atoms with Crippen molar-refractivity contribution in [2.45, 2.75) is 13.0 Å². The number of carbonyl (C=O) groups is 2. The first-order chi connectivity index (χ1) is 8.65. The van der Waals surface area contributed by atoms with E-state index in [1.54, 1.807) is 25.1 Å². The minimum atomic E-state index is -0.737. The largest absolute Gasteiger partial charge is 0.460 e. The third kappa shape index (κ3) is 2.36. The number of halogens is 1. The molecule has 0 saturated heterocycles. The molecule has 18 heavy (non-hydrogen) atoms. The predicted molar refractivity (Wildman–Crippen MR) is 67.9 cm³/mol. The molecule has 0 radical (unpaired) electrons. The number of amidine groups is 1. The molecule has 1 heterocycles. The standard InChI is InChI=1S/C12H11ClN2O3/c1-2-18-12(17)11-14-9-4-3-7(13)5-8(9)10(6-16)15-11/h3-6,10H,2H2,1H3,(H,14,15). The first-order valence-corrected chi connectivity index (χ1v) is 5.80. The molecule has 5 nitrogen and oxygen atoms in total. The Hall–Kier alpha value is -1.88. The van der Waals surface area contributed by atoms with E-state index in [1.807, 2.05) is 0 Å². The van der Waals surface area contributed by atoms with E-state index in [4.69, 9.17) is 16.3 Å². The third-order valence-corrected chi connectivity index (χ3v) is 2.69. The number of fused-ring (bicyclic) bond motifs is 1. The van der Waals surface area contributed by atoms with Crippen LogP contribution in [-0.2, 0) is 14.3 Å². The Kier molecular flexibility index (Phi) is 3.62. The second-order valence-corrected chi connectivity index (χ2v) is 4.07. The molecule has 0 aliphatic carbocycles. The fourth-order valence-corrected chi connectivity index (χ4v) is 1.85. The van der Waals surface area contributed by atoms with Crippen LogP contribution in [0.15, 0.2) is 23.2 Å². The molecular weight excluding hydrogens is 256 g/mol. The van der Waals surface area contributed by atoms with E-state index in [9.17, 15) is 9.59 Å². The van der Waals surface area contributed by atoms with Crippen molar-refractivity contribution in [3.63, 3.8) is 0 Å². The molecule has 1 N–H and O–H groups in total. The molecule has 1 aliphatic heterocycles. The maximum Gasteiger partial charge on any atom is 0.373 e. The van der Waals surface area contributed by atoms with Gasteiger partial charge in [-0.05, 0) is 25.1 Å². The van der Waals surface area contributed by atoms with Gasteiger partial charge in [-0.3, -0.25) is 0 Å². The Morgan fingerprint density at radius 3 is 3.06 bits per heavy atom. The zero-order valence-electron chi connectivity index (χ0n) is 9.64. The molecule has 1 atom stereocenters. The van der Waals surface area contributed by atoms with Crippen molar-refractivity contribution in [2.24, 2.45) is 4.99 Å². The topological polar surface area (TPSA) is 67.8 Å². The van der Waals surface area contributed by atoms with Crippen LogP contribution in [0.3, 0.4) is 0 Å². The molecule has 0 aromatic heterocycles. The monoisotopic (exact) mass is 266 g/mol. The zero-order valence-corrected chi connectivity index (χ0v) is 10.4. The molecule has 0 spiro atoms. The van der Waals surface area contributed by atoms with Crippen LogP contribution >= 0.6 is 11.6 Å². The number of ether oxygens (including phenoxy) is 1. The number of benzene rings is 1. The zero-order chi connectivity index (χ0) is 13.1. The smallest absolute Gasteiger partial charge is 0.373 e. The van der Waals surface area contributed by atoms with Gasteiger partial charge in [-0.1, -0.05) is 11.6 Å². The fourth-order valence-electron chi connectivity index (χ4n) is 1.67. The Morgan fingerprint density at radius 1 is 1.61 bits per heavy atom. The molecule has 1 aromatic rings. The van der Waals surface area contributed by atoms with Gasteiger partial charge in [0, 0.05) is 16.3 Å². The maximum atomic E-state index is 11.6. The Labute approximate surface area is 109 Å². The van der Waals surface area contributed by atoms with Gasteiger partial charge in [-0.15, -0.1) is 0 Å². The van der Waals surface area contributed by atoms with E-state index in [0.717, 1.165) is 0 Å². The second kappa shape index (κ2) is 5.18. The molecule has 2 rings (SSSR count). The predicted octanol–water partition coefficient (Wildman–Crippen LogP) is 1.97. The van der Waals surface area contributed by atoms with Crippen molar-refractivity contribution < 1.29 is 14.3 Å². The summed E-state index contributed by atoms with van der Waals surface area (Å²) in [5.74, 6) is -0.547. The first-order valence-electron chi connectivity index (χ1n) is 5.42. The van der Waals surface area contributed by atoms with Crippen LogP contribution in [0.25, 0.3) is 0 Å². The van der Waals surface area contributed by atoms with Gasteiger partial charge in [0.15, 0.2) is 0 Å². The number of hydrogen-bond donors (Lipinski definition) is 1. The van der Waals surface area contributed by atoms with Gasteiger partial charge in [0.2, 0.25) is 5.84 Å². The number of esters is 1. The van der Waals surface area contributed by atoms with Crippen LogP contribution in [-0.4, -0.2) is 24.7 Å². The summed E-state index contributed by atoms with van der Waals surface area (Å²) in [5.41, 5.74) is 1.28. The number of hydrogen-bond acceptors (Lipinski definition) is 5. The number of aldehydes is 1. The summed E-state index contributed by atoms with van der Waals surface area (Å²) < 4.78 is 4.84. The summed E-state index contributed by atoms with van der Waals surface area (Å²) >= 11 is 5.86. The van der Waals surface area contributed by atoms with Crippen LogP contribution in [0.5, 0.6) is 0 Å². The highest BCUT2D eigenvalue weighted by Gasteiger charge is 2.25. The summed E-state index contributed by atoms with van der Waals surface area (Å²) in [4.78, 5) is 26.6. The van der Waals surface area contributed by atoms with Crippen molar-refractivity contribution in [3.8, 4) is 0 Å². The fraction of sp³-hybridized carbons (Fsp3) is 0.250. The molecule has 94 valence electrons. The maximum absolute atomic E-state index is 11.6. The Morgan fingerprint density at radius 2 is 2.39 bits per heavy atom. The van der Waals surface area contributed by atoms with Crippen molar-refractivity contribution in [1.82, 2.24) is 0 Å². The van der Waals surface area contributed by atoms with Gasteiger partial charge in [0.05, 0.1) is 6.61 Å². The molecule has 0 fully saturated rings. The molecule has 0 amide bonds. The summed E-state index contributed by atoms with van der Waals surface area (Å²) in [7, 11) is 0. The molecule has 6 heteroatoms. The first kappa shape index (κ1) is 12.6. The van der Waals surface area contributed by atoms with Crippen molar-refractivity contribution in [1.29, 1.82) is 0 Å². The highest BCUT2D eigenvalue weighted by molar-refractivity contribution is 6.41. The van der Waals surface area contributed by atoms with E-state index in [-0.39, 0.29) is 12.4 Å². The van der Waals surface area contributed by atoms with Gasteiger partial charge in [-0.2, -0.15) is 0 Å². The minimum Gasteiger partial charge on any atom is -0.460 e. The third-order valence-electron chi connectivity index (χ3n) is 2.45. The van der Waals surface area contributed by atoms with Gasteiger partial charge in [0.25, 0.3) is 0 Å². The number of nitrogens with one attached hydrogen (secondary N) is 1. The number of rotatable bonds is 3. The van der Waals surface area contributed by atoms with Gasteiger partial charge in [-0.25, -0.2) is 9.79 Å². The minimum absolute atomic E-state index is 0.0313. The van der Waals surface area contributed by atoms with Crippen molar-refractivity contribution >= 4 is 35.4 Å². The number of carbonyl (C=O) groups excluding carboxylic acids is 2. The summed E-state index contributed by atoms with van der Waals surface area (Å²) in [6.45, 7) is 1.95. The Bertz CT molecular complexity index is 528. The molecule has 1 aliphatic rings. The number of aliphatic imine (C=N–C) groups is 1. The molecule has 0 saturated carbocycles. The lowest BCUT2D eigenvalue weighted by molar-refractivity contribution is -0.135. The van der Waals surface area contributed by atoms with E-state index in [1.165, 1.54) is 0 Å². The van der Waals surface area contributed by atoms with E-state index < -0.39 is 12.0 Å². The lowest BCUT2D eigenvalue weighted by Gasteiger charge is -2.21. The SMILES string of the molecule is CCOC(=O)C1=NC(C=O)c2cc(Cl)ccc2N1. The summed E-state index contributed by atoms with van der Waals surface area (Å²) in [6, 6.07) is 4.28. The van der Waals surface area contributed by atoms with Crippen molar-refractivity contribution in [2.75, 3.05) is 11.9 Å². The highest BCUT2D eigenvalue weighted by atomic mass is 35.5. The number of nitrogens with zero attached hydrogens (tertiary/aromatic N) is 1. The van der Waals surface area contributed by atoms with E-state index >= 15 is 0 Å². The second-order valence-electron chi connectivity index (χ2n) is 3.64. The molecular formula is C12H11ClN2O3. The summed E-state index contributed by atoms with van der Waals surface area (Å²) in [6.07, 6.45) is 0.662. The number of anilines is 1. The lowest BCUT2D eigenvalue weighted by Crippen LogP contribution is -2.30. The molecule has 0 bridgehead atoms. The van der Waals surface area contributed by atoms with Crippen LogP contribution in [0, 0.1) is 0 Å². The van der Waals surface area contributed by atoms with E-state index in [2.05, 4.69) is 10.3 Å². The molecule has 1 aromatic carbocycles. The van der Waals surface area contributed by atoms with Gasteiger partial charge in [0.1, 0.15) is 12.3 Å². The average molecular weight is 267 g/mol. The highest BCUT2D eigenvalue weighted by Crippen LogP contribution is 2.31. The molecule has 1 unspecified atom stereocenters. The normalized spacial score (nSPS) is 17.2. The van der Waals surface area contributed by atoms with E-state index in [0.29, 0.717) is 22.6 Å². The van der Waals surface area contributed by atoms with Crippen LogP contribution < -0.4 is 5.32 Å². The van der Waals surface area contributed by atoms with Gasteiger partial charge >= 0.3 is 5.97 Å². The quantitative estimate of drug-likeness (QED) is 0.671. The van der Waals surface area contributed by atoms with Crippen LogP contribution in [0.2, 0.25) is 5.02 Å². The van der Waals surface area contributed by atoms with Crippen LogP contribution in [0.1, 0.15) is 18.5 Å². The van der Waals surface area contributed by atoms with Crippen LogP contribution in [0.4, 0.5) is 5.69 Å². The average Bonchev–Trinajstić information content (AvgIpc) is 2.37. The Balaban J connectivity index is 2.36. The summed E-state index contributed by atoms with van der Waals surface area (Å²) in [5, 5.41) is 3.34.